The maximum absolute atomic E-state index is 12.8. The average Bonchev–Trinajstić information content (AvgIpc) is 2.53. The Hall–Kier alpha value is -1.38. The van der Waals surface area contributed by atoms with Crippen molar-refractivity contribution in [3.63, 3.8) is 0 Å². The first kappa shape index (κ1) is 11.1. The van der Waals surface area contributed by atoms with Crippen LogP contribution >= 0.6 is 0 Å². The number of hydrogen-bond donors (Lipinski definition) is 0. The molecule has 3 heteroatoms. The van der Waals surface area contributed by atoms with Crippen LogP contribution in [0.5, 0.6) is 0 Å². The van der Waals surface area contributed by atoms with Crippen molar-refractivity contribution in [1.29, 1.82) is 0 Å². The Morgan fingerprint density at radius 3 is 2.44 bits per heavy atom. The molecule has 1 aromatic carbocycles. The smallest absolute Gasteiger partial charge is 0.245 e. The Labute approximate surface area is 93.1 Å². The zero-order chi connectivity index (χ0) is 11.8. The van der Waals surface area contributed by atoms with E-state index in [2.05, 4.69) is 0 Å². The van der Waals surface area contributed by atoms with E-state index in [-0.39, 0.29) is 12.8 Å². The highest BCUT2D eigenvalue weighted by Crippen LogP contribution is 2.28. The molecule has 2 rings (SSSR count). The first-order valence-corrected chi connectivity index (χ1v) is 5.32. The van der Waals surface area contributed by atoms with Crippen LogP contribution in [0.1, 0.15) is 24.9 Å². The van der Waals surface area contributed by atoms with Gasteiger partial charge in [-0.1, -0.05) is 24.3 Å². The number of furan rings is 1. The van der Waals surface area contributed by atoms with Crippen molar-refractivity contribution in [2.75, 3.05) is 0 Å². The zero-order valence-electron chi connectivity index (χ0n) is 9.39. The van der Waals surface area contributed by atoms with E-state index in [1.54, 1.807) is 0 Å². The van der Waals surface area contributed by atoms with Gasteiger partial charge in [-0.25, -0.2) is 8.78 Å². The molecule has 1 nitrogen and oxygen atoms in total. The van der Waals surface area contributed by atoms with Crippen molar-refractivity contribution in [3.05, 3.63) is 35.8 Å². The van der Waals surface area contributed by atoms with Gasteiger partial charge < -0.3 is 4.42 Å². The van der Waals surface area contributed by atoms with Gasteiger partial charge in [-0.05, 0) is 13.8 Å². The van der Waals surface area contributed by atoms with Crippen molar-refractivity contribution in [3.8, 4) is 0 Å². The van der Waals surface area contributed by atoms with E-state index >= 15 is 0 Å². The van der Waals surface area contributed by atoms with Gasteiger partial charge in [0.2, 0.25) is 5.92 Å². The summed E-state index contributed by atoms with van der Waals surface area (Å²) in [6, 6.07) is 7.67. The van der Waals surface area contributed by atoms with Crippen molar-refractivity contribution in [2.45, 2.75) is 32.6 Å². The molecule has 0 atom stereocenters. The van der Waals surface area contributed by atoms with E-state index in [0.717, 1.165) is 23.5 Å². The molecule has 0 saturated heterocycles. The molecule has 0 fully saturated rings. The Balaban J connectivity index is 2.31. The SMILES string of the molecule is Cc1oc(CCC(C)(F)F)c2ccccc12. The van der Waals surface area contributed by atoms with Gasteiger partial charge >= 0.3 is 0 Å². The second kappa shape index (κ2) is 3.89. The van der Waals surface area contributed by atoms with E-state index in [4.69, 9.17) is 4.42 Å². The molecule has 0 amide bonds. The van der Waals surface area contributed by atoms with Crippen LogP contribution in [0.2, 0.25) is 0 Å². The van der Waals surface area contributed by atoms with Gasteiger partial charge in [-0.2, -0.15) is 0 Å². The molecule has 0 aliphatic heterocycles. The summed E-state index contributed by atoms with van der Waals surface area (Å²) in [6.07, 6.45) is 0.0990. The van der Waals surface area contributed by atoms with Crippen molar-refractivity contribution in [2.24, 2.45) is 0 Å². The van der Waals surface area contributed by atoms with Crippen molar-refractivity contribution < 1.29 is 13.2 Å². The molecule has 1 aromatic heterocycles. The quantitative estimate of drug-likeness (QED) is 0.756. The van der Waals surface area contributed by atoms with Crippen LogP contribution in [-0.4, -0.2) is 5.92 Å². The minimum Gasteiger partial charge on any atom is -0.465 e. The summed E-state index contributed by atoms with van der Waals surface area (Å²) < 4.78 is 31.1. The van der Waals surface area contributed by atoms with E-state index in [1.165, 1.54) is 0 Å². The number of fused-ring (bicyclic) bond motifs is 1. The van der Waals surface area contributed by atoms with Crippen LogP contribution in [0, 0.1) is 6.92 Å². The van der Waals surface area contributed by atoms with E-state index in [1.807, 2.05) is 31.2 Å². The fourth-order valence-corrected chi connectivity index (χ4v) is 1.85. The fourth-order valence-electron chi connectivity index (χ4n) is 1.85. The normalized spacial score (nSPS) is 12.2. The first-order chi connectivity index (χ1) is 7.47. The fraction of sp³-hybridized carbons (Fsp3) is 0.385. The molecular formula is C13H14F2O. The average molecular weight is 224 g/mol. The third-order valence-corrected chi connectivity index (χ3v) is 2.67. The van der Waals surface area contributed by atoms with Gasteiger partial charge in [-0.3, -0.25) is 0 Å². The molecule has 0 spiro atoms. The molecule has 0 bridgehead atoms. The topological polar surface area (TPSA) is 13.1 Å². The molecule has 0 saturated carbocycles. The van der Waals surface area contributed by atoms with Crippen LogP contribution in [-0.2, 0) is 6.42 Å². The highest BCUT2D eigenvalue weighted by Gasteiger charge is 2.22. The highest BCUT2D eigenvalue weighted by molar-refractivity contribution is 5.86. The number of hydrogen-bond acceptors (Lipinski definition) is 1. The summed E-state index contributed by atoms with van der Waals surface area (Å²) >= 11 is 0. The minimum atomic E-state index is -2.64. The standard InChI is InChI=1S/C13H14F2O/c1-9-10-5-3-4-6-11(10)12(16-9)7-8-13(2,14)15/h3-6H,7-8H2,1-2H3. The van der Waals surface area contributed by atoms with Gasteiger partial charge in [-0.15, -0.1) is 0 Å². The summed E-state index contributed by atoms with van der Waals surface area (Å²) in [5, 5.41) is 1.96. The molecule has 2 aromatic rings. The first-order valence-electron chi connectivity index (χ1n) is 5.32. The number of benzene rings is 1. The lowest BCUT2D eigenvalue weighted by atomic mass is 10.1. The summed E-state index contributed by atoms with van der Waals surface area (Å²) in [7, 11) is 0. The van der Waals surface area contributed by atoms with Crippen molar-refractivity contribution in [1.82, 2.24) is 0 Å². The number of rotatable bonds is 3. The predicted octanol–water partition coefficient (Wildman–Crippen LogP) is 4.33. The van der Waals surface area contributed by atoms with Crippen LogP contribution in [0.25, 0.3) is 10.8 Å². The van der Waals surface area contributed by atoms with Gasteiger partial charge in [0.25, 0.3) is 0 Å². The van der Waals surface area contributed by atoms with Crippen LogP contribution in [0.3, 0.4) is 0 Å². The molecule has 0 aliphatic carbocycles. The van der Waals surface area contributed by atoms with Gasteiger partial charge in [0, 0.05) is 23.6 Å². The Morgan fingerprint density at radius 1 is 1.19 bits per heavy atom. The maximum Gasteiger partial charge on any atom is 0.245 e. The van der Waals surface area contributed by atoms with Crippen LogP contribution < -0.4 is 0 Å². The van der Waals surface area contributed by atoms with Crippen LogP contribution in [0.4, 0.5) is 8.78 Å². The molecule has 0 N–H and O–H groups in total. The lowest BCUT2D eigenvalue weighted by Crippen LogP contribution is -2.10. The van der Waals surface area contributed by atoms with E-state index in [9.17, 15) is 8.78 Å². The van der Waals surface area contributed by atoms with Crippen LogP contribution in [0.15, 0.2) is 28.7 Å². The number of alkyl halides is 2. The molecule has 16 heavy (non-hydrogen) atoms. The van der Waals surface area contributed by atoms with Gasteiger partial charge in [0.05, 0.1) is 0 Å². The molecule has 0 aliphatic rings. The molecule has 86 valence electrons. The lowest BCUT2D eigenvalue weighted by molar-refractivity contribution is 0.0121. The van der Waals surface area contributed by atoms with Crippen molar-refractivity contribution >= 4 is 10.8 Å². The zero-order valence-corrected chi connectivity index (χ0v) is 9.39. The third-order valence-electron chi connectivity index (χ3n) is 2.67. The van der Waals surface area contributed by atoms with Gasteiger partial charge in [0.1, 0.15) is 11.5 Å². The third kappa shape index (κ3) is 2.23. The highest BCUT2D eigenvalue weighted by atomic mass is 19.3. The Bertz CT molecular complexity index is 494. The maximum atomic E-state index is 12.8. The Kier molecular flexibility index (Phi) is 2.70. The molecular weight excluding hydrogens is 210 g/mol. The second-order valence-corrected chi connectivity index (χ2v) is 4.20. The second-order valence-electron chi connectivity index (χ2n) is 4.20. The monoisotopic (exact) mass is 224 g/mol. The van der Waals surface area contributed by atoms with E-state index < -0.39 is 5.92 Å². The molecule has 1 heterocycles. The molecule has 0 unspecified atom stereocenters. The van der Waals surface area contributed by atoms with Gasteiger partial charge in [0.15, 0.2) is 0 Å². The number of aryl methyl sites for hydroxylation is 2. The predicted molar refractivity (Wildman–Crippen MR) is 59.9 cm³/mol. The summed E-state index contributed by atoms with van der Waals surface area (Å²) in [5.74, 6) is -1.18. The minimum absolute atomic E-state index is 0.177. The summed E-state index contributed by atoms with van der Waals surface area (Å²) in [4.78, 5) is 0. The molecule has 0 radical (unpaired) electrons. The lowest BCUT2D eigenvalue weighted by Gasteiger charge is -2.07. The Morgan fingerprint density at radius 2 is 1.81 bits per heavy atom. The van der Waals surface area contributed by atoms with E-state index in [0.29, 0.717) is 5.76 Å². The summed E-state index contributed by atoms with van der Waals surface area (Å²) in [5.41, 5.74) is 0. The number of halogens is 2. The largest absolute Gasteiger partial charge is 0.465 e. The summed E-state index contributed by atoms with van der Waals surface area (Å²) in [6.45, 7) is 2.79.